The summed E-state index contributed by atoms with van der Waals surface area (Å²) >= 11 is 1.73. The summed E-state index contributed by atoms with van der Waals surface area (Å²) in [6.45, 7) is 15.9. The fourth-order valence-corrected chi connectivity index (χ4v) is 4.97. The van der Waals surface area contributed by atoms with E-state index in [1.165, 1.54) is 24.4 Å². The quantitative estimate of drug-likeness (QED) is 0.0964. The number of benzene rings is 1. The van der Waals surface area contributed by atoms with Crippen molar-refractivity contribution in [2.24, 2.45) is 16.7 Å². The molecule has 0 fully saturated rings. The summed E-state index contributed by atoms with van der Waals surface area (Å²) in [6.07, 6.45) is -1.13. The predicted molar refractivity (Wildman–Crippen MR) is 182 cm³/mol. The Labute approximate surface area is 284 Å². The summed E-state index contributed by atoms with van der Waals surface area (Å²) in [5, 5.41) is 0.534. The van der Waals surface area contributed by atoms with E-state index in [0.717, 1.165) is 36.3 Å². The average molecular weight is 700 g/mol. The third kappa shape index (κ3) is 15.8. The highest BCUT2D eigenvalue weighted by Gasteiger charge is 2.31. The summed E-state index contributed by atoms with van der Waals surface area (Å²) < 4.78 is 67.6. The molecule has 0 saturated carbocycles. The normalized spacial score (nSPS) is 12.7. The fourth-order valence-electron chi connectivity index (χ4n) is 4.30. The second kappa shape index (κ2) is 19.8. The van der Waals surface area contributed by atoms with Gasteiger partial charge in [0.1, 0.15) is 24.2 Å². The summed E-state index contributed by atoms with van der Waals surface area (Å²) in [6, 6.07) is 8.00. The van der Waals surface area contributed by atoms with Crippen LogP contribution in [0.25, 0.3) is 22.1 Å². The van der Waals surface area contributed by atoms with Crippen LogP contribution in [0.5, 0.6) is 11.6 Å². The maximum Gasteiger partial charge on any atom is 0.573 e. The number of methoxy groups -OCH3 is 1. The van der Waals surface area contributed by atoms with Crippen molar-refractivity contribution >= 4 is 29.0 Å². The van der Waals surface area contributed by atoms with Crippen molar-refractivity contribution in [3.05, 3.63) is 53.0 Å². The summed E-state index contributed by atoms with van der Waals surface area (Å²) in [7, 11) is 1.64. The number of ether oxygens (including phenoxy) is 5. The lowest BCUT2D eigenvalue weighted by Crippen LogP contribution is -2.27. The minimum atomic E-state index is -4.79. The highest BCUT2D eigenvalue weighted by molar-refractivity contribution is 7.99. The maximum absolute atomic E-state index is 12.5. The van der Waals surface area contributed by atoms with Gasteiger partial charge >= 0.3 is 12.0 Å². The molecule has 48 heavy (non-hydrogen) atoms. The smallest absolute Gasteiger partial charge is 0.475 e. The zero-order chi connectivity index (χ0) is 35.8. The van der Waals surface area contributed by atoms with Gasteiger partial charge in [0.05, 0.1) is 38.6 Å². The molecule has 0 saturated heterocycles. The fraction of sp³-hybridized carbons (Fsp3) is 0.571. The van der Waals surface area contributed by atoms with Crippen molar-refractivity contribution in [3.63, 3.8) is 0 Å². The van der Waals surface area contributed by atoms with Crippen LogP contribution in [-0.4, -0.2) is 75.9 Å². The van der Waals surface area contributed by atoms with Gasteiger partial charge in [0.25, 0.3) is 0 Å². The van der Waals surface area contributed by atoms with E-state index in [1.807, 2.05) is 13.8 Å². The van der Waals surface area contributed by atoms with Crippen molar-refractivity contribution < 1.29 is 46.1 Å². The van der Waals surface area contributed by atoms with E-state index in [4.69, 9.17) is 23.4 Å². The van der Waals surface area contributed by atoms with Gasteiger partial charge in [0.2, 0.25) is 5.88 Å². The van der Waals surface area contributed by atoms with Crippen molar-refractivity contribution in [1.82, 2.24) is 4.98 Å². The van der Waals surface area contributed by atoms with E-state index < -0.39 is 12.0 Å². The van der Waals surface area contributed by atoms with Crippen LogP contribution in [0.1, 0.15) is 48.0 Å². The van der Waals surface area contributed by atoms with Crippen LogP contribution < -0.4 is 15.1 Å². The van der Waals surface area contributed by atoms with E-state index in [0.29, 0.717) is 55.3 Å². The Morgan fingerprint density at radius 3 is 2.10 bits per heavy atom. The molecule has 3 rings (SSSR count). The molecule has 0 aliphatic heterocycles. The Balaban J connectivity index is 0.000000567. The number of alkyl halides is 3. The van der Waals surface area contributed by atoms with Crippen LogP contribution in [0.2, 0.25) is 0 Å². The molecule has 9 nitrogen and oxygen atoms in total. The molecule has 0 aliphatic carbocycles. The zero-order valence-electron chi connectivity index (χ0n) is 28.8. The number of aldehydes is 1. The van der Waals surface area contributed by atoms with Crippen LogP contribution in [0.15, 0.2) is 51.8 Å². The topological polar surface area (TPSA) is 106 Å². The van der Waals surface area contributed by atoms with Crippen molar-refractivity contribution in [1.29, 1.82) is 0 Å². The first-order valence-electron chi connectivity index (χ1n) is 15.7. The highest BCUT2D eigenvalue weighted by atomic mass is 32.2. The van der Waals surface area contributed by atoms with Crippen molar-refractivity contribution in [3.8, 4) is 22.8 Å². The van der Waals surface area contributed by atoms with Crippen LogP contribution >= 0.6 is 11.8 Å². The largest absolute Gasteiger partial charge is 0.573 e. The number of aromatic nitrogens is 1. The Kier molecular flexibility index (Phi) is 16.9. The lowest BCUT2D eigenvalue weighted by molar-refractivity contribution is -0.274. The number of nitrogens with zero attached hydrogens (tertiary/aromatic N) is 1. The van der Waals surface area contributed by atoms with Gasteiger partial charge in [-0.1, -0.05) is 53.7 Å². The molecule has 3 aromatic rings. The molecule has 0 amide bonds. The number of rotatable bonds is 18. The van der Waals surface area contributed by atoms with Crippen LogP contribution in [0.4, 0.5) is 13.2 Å². The second-order valence-electron chi connectivity index (χ2n) is 12.9. The highest BCUT2D eigenvalue weighted by Crippen LogP contribution is 2.34. The van der Waals surface area contributed by atoms with Gasteiger partial charge in [-0.25, -0.2) is 9.78 Å². The molecule has 2 heterocycles. The number of fused-ring (bicyclic) bond motifs is 1. The number of hydrogen-bond donors (Lipinski definition) is 0. The van der Waals surface area contributed by atoms with Crippen LogP contribution in [0.3, 0.4) is 0 Å². The van der Waals surface area contributed by atoms with E-state index in [-0.39, 0.29) is 34.8 Å². The molecule has 0 aliphatic rings. The molecular weight excluding hydrogens is 651 g/mol. The molecule has 268 valence electrons. The van der Waals surface area contributed by atoms with E-state index in [9.17, 15) is 22.8 Å². The molecule has 0 N–H and O–H groups in total. The van der Waals surface area contributed by atoms with E-state index in [1.54, 1.807) is 24.9 Å². The Morgan fingerprint density at radius 2 is 1.54 bits per heavy atom. The van der Waals surface area contributed by atoms with Gasteiger partial charge in [-0.3, -0.25) is 0 Å². The van der Waals surface area contributed by atoms with Crippen LogP contribution in [0, 0.1) is 16.7 Å². The van der Waals surface area contributed by atoms with Gasteiger partial charge in [0, 0.05) is 41.7 Å². The second-order valence-corrected chi connectivity index (χ2v) is 14.1. The van der Waals surface area contributed by atoms with E-state index >= 15 is 0 Å². The third-order valence-electron chi connectivity index (χ3n) is 7.14. The molecule has 13 heteroatoms. The summed E-state index contributed by atoms with van der Waals surface area (Å²) in [4.78, 5) is 27.4. The molecule has 0 bridgehead atoms. The molecule has 0 radical (unpaired) electrons. The lowest BCUT2D eigenvalue weighted by Gasteiger charge is -2.31. The Morgan fingerprint density at radius 1 is 0.917 bits per heavy atom. The lowest BCUT2D eigenvalue weighted by atomic mass is 9.73. The third-order valence-corrected chi connectivity index (χ3v) is 8.05. The van der Waals surface area contributed by atoms with Crippen LogP contribution in [-0.2, 0) is 19.0 Å². The average Bonchev–Trinajstić information content (AvgIpc) is 3.00. The number of pyridine rings is 1. The molecule has 1 aromatic carbocycles. The number of carbonyl (C=O) groups is 1. The maximum atomic E-state index is 12.5. The zero-order valence-corrected chi connectivity index (χ0v) is 29.6. The molecular formula is C35H48F3NO8S. The first kappa shape index (κ1) is 41.0. The van der Waals surface area contributed by atoms with Crippen molar-refractivity contribution in [2.45, 2.75) is 54.3 Å². The minimum Gasteiger partial charge on any atom is -0.475 e. The number of halogens is 3. The number of carbonyl (C=O) groups excluding carboxylic acids is 1. The van der Waals surface area contributed by atoms with E-state index in [2.05, 4.69) is 37.4 Å². The Hall–Kier alpha value is -3.13. The number of hydrogen-bond acceptors (Lipinski definition) is 10. The van der Waals surface area contributed by atoms with Gasteiger partial charge in [-0.15, -0.1) is 13.2 Å². The van der Waals surface area contributed by atoms with Gasteiger partial charge < -0.3 is 32.9 Å². The SMILES string of the molecule is CC(CC(C)(C)C)C(C)(C)C=O.COCCOCCSCCOCCOc1cc2oc(=O)c(-c3ccc(OC(F)(F)F)cc3)cc2cn1. The molecule has 2 aromatic heterocycles. The molecule has 1 unspecified atom stereocenters. The standard InChI is InChI=1S/C24H26F3NO7S.C11H22O/c1-30-6-7-31-10-12-36-13-11-32-8-9-33-22-15-21-18(16-28-22)14-20(23(29)34-21)17-2-4-19(5-3-17)35-24(25,26)27;1-9(7-10(2,3)4)11(5,6)8-12/h2-5,14-16H,6-13H2,1H3;8-9H,7H2,1-6H3. The van der Waals surface area contributed by atoms with Gasteiger partial charge in [0.15, 0.2) is 0 Å². The summed E-state index contributed by atoms with van der Waals surface area (Å²) in [5.41, 5.74) is 0.344. The van der Waals surface area contributed by atoms with Gasteiger partial charge in [-0.2, -0.15) is 11.8 Å². The molecule has 0 spiro atoms. The predicted octanol–water partition coefficient (Wildman–Crippen LogP) is 7.83. The minimum absolute atomic E-state index is 0.173. The Bertz CT molecular complexity index is 1440. The van der Waals surface area contributed by atoms with Crippen molar-refractivity contribution in [2.75, 3.05) is 58.3 Å². The first-order chi connectivity index (χ1) is 22.5. The number of thioether (sulfide) groups is 1. The van der Waals surface area contributed by atoms with Gasteiger partial charge in [-0.05, 0) is 41.5 Å². The first-order valence-corrected chi connectivity index (χ1v) is 16.8. The molecule has 1 atom stereocenters. The monoisotopic (exact) mass is 699 g/mol. The summed E-state index contributed by atoms with van der Waals surface area (Å²) in [5.74, 6) is 2.07.